The number of carbonyl (C=O) groups excluding carboxylic acids is 2. The largest absolute Gasteiger partial charge is 0.497 e. The third kappa shape index (κ3) is 5.56. The average molecular weight is 404 g/mol. The quantitative estimate of drug-likeness (QED) is 0.683. The van der Waals surface area contributed by atoms with Crippen LogP contribution in [0.25, 0.3) is 0 Å². The number of rotatable bonds is 8. The number of Topliss-reactive ketones (excluding diaryl/α,β-unsaturated/α-hetero) is 1. The average Bonchev–Trinajstić information content (AvgIpc) is 2.65. The molecule has 0 saturated heterocycles. The standard InChI is InChI=1S/C20H24N2O5S/c1-14(16-8-10-19(27-3)11-9-16)21-20(24)13-22(28(4,25)26)18-7-5-6-17(12-18)15(2)23/h5-12,14H,13H2,1-4H3,(H,21,24). The predicted molar refractivity (Wildman–Crippen MR) is 108 cm³/mol. The summed E-state index contributed by atoms with van der Waals surface area (Å²) in [6.07, 6.45) is 1.02. The van der Waals surface area contributed by atoms with Crippen molar-refractivity contribution in [2.24, 2.45) is 0 Å². The van der Waals surface area contributed by atoms with Crippen molar-refractivity contribution in [2.45, 2.75) is 19.9 Å². The van der Waals surface area contributed by atoms with Crippen LogP contribution in [0.4, 0.5) is 5.69 Å². The normalized spacial score (nSPS) is 12.1. The number of benzene rings is 2. The molecule has 7 nitrogen and oxygen atoms in total. The summed E-state index contributed by atoms with van der Waals surface area (Å²) in [5.74, 6) is 0.0609. The molecular weight excluding hydrogens is 380 g/mol. The Morgan fingerprint density at radius 3 is 2.32 bits per heavy atom. The minimum Gasteiger partial charge on any atom is -0.497 e. The topological polar surface area (TPSA) is 92.8 Å². The molecule has 8 heteroatoms. The lowest BCUT2D eigenvalue weighted by Gasteiger charge is -2.23. The molecule has 0 heterocycles. The first-order valence-corrected chi connectivity index (χ1v) is 10.5. The van der Waals surface area contributed by atoms with E-state index in [9.17, 15) is 18.0 Å². The number of sulfonamides is 1. The van der Waals surface area contributed by atoms with Crippen LogP contribution in [-0.2, 0) is 14.8 Å². The minimum absolute atomic E-state index is 0.187. The van der Waals surface area contributed by atoms with Gasteiger partial charge in [0.15, 0.2) is 5.78 Å². The SMILES string of the molecule is COc1ccc(C(C)NC(=O)CN(c2cccc(C(C)=O)c2)S(C)(=O)=O)cc1. The highest BCUT2D eigenvalue weighted by atomic mass is 32.2. The Balaban J connectivity index is 2.17. The molecule has 0 bridgehead atoms. The van der Waals surface area contributed by atoms with E-state index in [2.05, 4.69) is 5.32 Å². The van der Waals surface area contributed by atoms with Gasteiger partial charge in [0.2, 0.25) is 15.9 Å². The maximum Gasteiger partial charge on any atom is 0.241 e. The van der Waals surface area contributed by atoms with Crippen molar-refractivity contribution in [3.63, 3.8) is 0 Å². The van der Waals surface area contributed by atoms with Gasteiger partial charge in [-0.05, 0) is 43.7 Å². The second-order valence-electron chi connectivity index (χ2n) is 6.44. The van der Waals surface area contributed by atoms with E-state index in [1.54, 1.807) is 44.4 Å². The Morgan fingerprint density at radius 2 is 1.79 bits per heavy atom. The second-order valence-corrected chi connectivity index (χ2v) is 8.35. The van der Waals surface area contributed by atoms with Gasteiger partial charge in [0.05, 0.1) is 25.1 Å². The molecule has 150 valence electrons. The molecular formula is C20H24N2O5S. The Morgan fingerprint density at radius 1 is 1.14 bits per heavy atom. The van der Waals surface area contributed by atoms with Crippen molar-refractivity contribution >= 4 is 27.4 Å². The molecule has 0 fully saturated rings. The first-order valence-electron chi connectivity index (χ1n) is 8.64. The van der Waals surface area contributed by atoms with Crippen LogP contribution in [-0.4, -0.2) is 40.0 Å². The van der Waals surface area contributed by atoms with Gasteiger partial charge < -0.3 is 10.1 Å². The number of methoxy groups -OCH3 is 1. The van der Waals surface area contributed by atoms with Crippen LogP contribution in [0.2, 0.25) is 0 Å². The van der Waals surface area contributed by atoms with Crippen molar-refractivity contribution in [3.05, 3.63) is 59.7 Å². The van der Waals surface area contributed by atoms with Crippen LogP contribution in [0.3, 0.4) is 0 Å². The molecule has 2 aromatic rings. The highest BCUT2D eigenvalue weighted by Gasteiger charge is 2.22. The Bertz CT molecular complexity index is 955. The number of carbonyl (C=O) groups is 2. The number of anilines is 1. The molecule has 0 spiro atoms. The van der Waals surface area contributed by atoms with Crippen molar-refractivity contribution in [3.8, 4) is 5.75 Å². The van der Waals surface area contributed by atoms with E-state index in [4.69, 9.17) is 4.74 Å². The van der Waals surface area contributed by atoms with Gasteiger partial charge >= 0.3 is 0 Å². The van der Waals surface area contributed by atoms with Gasteiger partial charge in [-0.1, -0.05) is 24.3 Å². The van der Waals surface area contributed by atoms with E-state index >= 15 is 0 Å². The number of hydrogen-bond donors (Lipinski definition) is 1. The molecule has 1 unspecified atom stereocenters. The smallest absolute Gasteiger partial charge is 0.241 e. The zero-order chi connectivity index (χ0) is 20.9. The molecule has 0 saturated carbocycles. The summed E-state index contributed by atoms with van der Waals surface area (Å²) >= 11 is 0. The van der Waals surface area contributed by atoms with E-state index in [1.807, 2.05) is 12.1 Å². The number of nitrogens with one attached hydrogen (secondary N) is 1. The van der Waals surface area contributed by atoms with Gasteiger partial charge in [0.25, 0.3) is 0 Å². The van der Waals surface area contributed by atoms with Crippen molar-refractivity contribution in [2.75, 3.05) is 24.2 Å². The second kappa shape index (κ2) is 8.88. The van der Waals surface area contributed by atoms with E-state index in [1.165, 1.54) is 13.0 Å². The Labute approximate surface area is 165 Å². The van der Waals surface area contributed by atoms with E-state index < -0.39 is 15.9 Å². The molecule has 0 aliphatic heterocycles. The first kappa shape index (κ1) is 21.4. The van der Waals surface area contributed by atoms with Gasteiger partial charge in [-0.3, -0.25) is 13.9 Å². The van der Waals surface area contributed by atoms with E-state index in [0.717, 1.165) is 16.1 Å². The third-order valence-corrected chi connectivity index (χ3v) is 5.36. The zero-order valence-corrected chi connectivity index (χ0v) is 17.1. The van der Waals surface area contributed by atoms with Gasteiger partial charge in [-0.15, -0.1) is 0 Å². The molecule has 0 aliphatic rings. The summed E-state index contributed by atoms with van der Waals surface area (Å²) in [6, 6.07) is 13.1. The molecule has 1 atom stereocenters. The fourth-order valence-electron chi connectivity index (χ4n) is 2.67. The maximum absolute atomic E-state index is 12.5. The minimum atomic E-state index is -3.72. The predicted octanol–water partition coefficient (Wildman–Crippen LogP) is 2.54. The van der Waals surface area contributed by atoms with Crippen LogP contribution in [0.15, 0.2) is 48.5 Å². The van der Waals surface area contributed by atoms with Gasteiger partial charge in [-0.2, -0.15) is 0 Å². The van der Waals surface area contributed by atoms with Crippen LogP contribution in [0, 0.1) is 0 Å². The summed E-state index contributed by atoms with van der Waals surface area (Å²) in [5, 5.41) is 2.79. The Kier molecular flexibility index (Phi) is 6.80. The van der Waals surface area contributed by atoms with Crippen LogP contribution < -0.4 is 14.4 Å². The fourth-order valence-corrected chi connectivity index (χ4v) is 3.52. The summed E-state index contributed by atoms with van der Waals surface area (Å²) in [7, 11) is -2.15. The highest BCUT2D eigenvalue weighted by Crippen LogP contribution is 2.20. The molecule has 1 amide bonds. The van der Waals surface area contributed by atoms with Crippen LogP contribution >= 0.6 is 0 Å². The van der Waals surface area contributed by atoms with Crippen molar-refractivity contribution in [1.29, 1.82) is 0 Å². The summed E-state index contributed by atoms with van der Waals surface area (Å²) < 4.78 is 30.5. The van der Waals surface area contributed by atoms with Gasteiger partial charge in [-0.25, -0.2) is 8.42 Å². The van der Waals surface area contributed by atoms with Crippen LogP contribution in [0.5, 0.6) is 5.75 Å². The number of hydrogen-bond acceptors (Lipinski definition) is 5. The summed E-state index contributed by atoms with van der Waals surface area (Å²) in [6.45, 7) is 2.81. The molecule has 1 N–H and O–H groups in total. The van der Waals surface area contributed by atoms with Crippen molar-refractivity contribution in [1.82, 2.24) is 5.32 Å². The monoisotopic (exact) mass is 404 g/mol. The Hall–Kier alpha value is -2.87. The lowest BCUT2D eigenvalue weighted by molar-refractivity contribution is -0.120. The van der Waals surface area contributed by atoms with E-state index in [-0.39, 0.29) is 24.1 Å². The number of ketones is 1. The third-order valence-electron chi connectivity index (χ3n) is 4.22. The number of amides is 1. The lowest BCUT2D eigenvalue weighted by atomic mass is 10.1. The first-order chi connectivity index (χ1) is 13.1. The molecule has 0 aromatic heterocycles. The lowest BCUT2D eigenvalue weighted by Crippen LogP contribution is -2.41. The molecule has 2 rings (SSSR count). The summed E-state index contributed by atoms with van der Waals surface area (Å²) in [4.78, 5) is 24.1. The molecule has 2 aromatic carbocycles. The van der Waals surface area contributed by atoms with E-state index in [0.29, 0.717) is 11.3 Å². The molecule has 28 heavy (non-hydrogen) atoms. The zero-order valence-electron chi connectivity index (χ0n) is 16.3. The number of ether oxygens (including phenoxy) is 1. The fraction of sp³-hybridized carbons (Fsp3) is 0.300. The maximum atomic E-state index is 12.5. The highest BCUT2D eigenvalue weighted by molar-refractivity contribution is 7.92. The van der Waals surface area contributed by atoms with Crippen LogP contribution in [0.1, 0.15) is 35.8 Å². The molecule has 0 aliphatic carbocycles. The van der Waals surface area contributed by atoms with Gasteiger partial charge in [0.1, 0.15) is 12.3 Å². The molecule has 0 radical (unpaired) electrons. The number of nitrogens with zero attached hydrogens (tertiary/aromatic N) is 1. The van der Waals surface area contributed by atoms with Gasteiger partial charge in [0, 0.05) is 5.56 Å². The summed E-state index contributed by atoms with van der Waals surface area (Å²) in [5.41, 5.74) is 1.50. The van der Waals surface area contributed by atoms with Crippen molar-refractivity contribution < 1.29 is 22.7 Å².